The van der Waals surface area contributed by atoms with Crippen LogP contribution in [0.3, 0.4) is 0 Å². The fourth-order valence-corrected chi connectivity index (χ4v) is 3.29. The molecule has 2 aromatic rings. The van der Waals surface area contributed by atoms with Crippen molar-refractivity contribution < 1.29 is 9.47 Å². The van der Waals surface area contributed by atoms with E-state index in [1.807, 2.05) is 18.2 Å². The maximum atomic E-state index is 5.85. The van der Waals surface area contributed by atoms with Crippen LogP contribution in [0.25, 0.3) is 6.08 Å². The third-order valence-electron chi connectivity index (χ3n) is 4.66. The van der Waals surface area contributed by atoms with Gasteiger partial charge in [0.05, 0.1) is 6.10 Å². The van der Waals surface area contributed by atoms with Crippen LogP contribution in [-0.2, 0) is 11.3 Å². The SMILES string of the molecule is C=CCOc1ccc(CN(C/C=C/c2ccccc2)CC2CCCO2)cc1. The number of nitrogens with zero attached hydrogens (tertiary/aromatic N) is 1. The first-order valence-corrected chi connectivity index (χ1v) is 9.71. The highest BCUT2D eigenvalue weighted by molar-refractivity contribution is 5.48. The van der Waals surface area contributed by atoms with Crippen molar-refractivity contribution in [1.29, 1.82) is 0 Å². The van der Waals surface area contributed by atoms with E-state index >= 15 is 0 Å². The summed E-state index contributed by atoms with van der Waals surface area (Å²) in [5.41, 5.74) is 2.52. The van der Waals surface area contributed by atoms with Crippen molar-refractivity contribution in [1.82, 2.24) is 4.90 Å². The minimum absolute atomic E-state index is 0.352. The molecule has 1 unspecified atom stereocenters. The maximum Gasteiger partial charge on any atom is 0.119 e. The number of hydrogen-bond acceptors (Lipinski definition) is 3. The molecule has 0 radical (unpaired) electrons. The van der Waals surface area contributed by atoms with Gasteiger partial charge in [0.15, 0.2) is 0 Å². The highest BCUT2D eigenvalue weighted by Gasteiger charge is 2.18. The third kappa shape index (κ3) is 6.70. The average molecular weight is 364 g/mol. The van der Waals surface area contributed by atoms with Gasteiger partial charge in [-0.05, 0) is 36.1 Å². The van der Waals surface area contributed by atoms with Crippen LogP contribution in [0, 0.1) is 0 Å². The monoisotopic (exact) mass is 363 g/mol. The van der Waals surface area contributed by atoms with E-state index < -0.39 is 0 Å². The van der Waals surface area contributed by atoms with Crippen LogP contribution in [-0.4, -0.2) is 37.3 Å². The van der Waals surface area contributed by atoms with Gasteiger partial charge >= 0.3 is 0 Å². The molecule has 3 heteroatoms. The Morgan fingerprint density at radius 1 is 1.11 bits per heavy atom. The van der Waals surface area contributed by atoms with Gasteiger partial charge in [0, 0.05) is 26.2 Å². The van der Waals surface area contributed by atoms with Crippen molar-refractivity contribution in [3.05, 3.63) is 84.5 Å². The summed E-state index contributed by atoms with van der Waals surface area (Å²) in [6.45, 7) is 7.89. The zero-order valence-electron chi connectivity index (χ0n) is 15.9. The Hall–Kier alpha value is -2.36. The van der Waals surface area contributed by atoms with Gasteiger partial charge in [-0.3, -0.25) is 4.90 Å². The first kappa shape index (κ1) is 19.4. The quantitative estimate of drug-likeness (QED) is 0.558. The van der Waals surface area contributed by atoms with Gasteiger partial charge in [-0.15, -0.1) is 0 Å². The molecule has 0 aliphatic carbocycles. The summed E-state index contributed by atoms with van der Waals surface area (Å²) < 4.78 is 11.4. The molecule has 0 N–H and O–H groups in total. The predicted molar refractivity (Wildman–Crippen MR) is 112 cm³/mol. The summed E-state index contributed by atoms with van der Waals surface area (Å²) >= 11 is 0. The molecule has 3 nitrogen and oxygen atoms in total. The number of ether oxygens (including phenoxy) is 2. The third-order valence-corrected chi connectivity index (χ3v) is 4.66. The summed E-state index contributed by atoms with van der Waals surface area (Å²) in [6.07, 6.45) is 8.88. The van der Waals surface area contributed by atoms with Gasteiger partial charge in [0.2, 0.25) is 0 Å². The molecule has 27 heavy (non-hydrogen) atoms. The highest BCUT2D eigenvalue weighted by atomic mass is 16.5. The Morgan fingerprint density at radius 2 is 1.93 bits per heavy atom. The first-order valence-electron chi connectivity index (χ1n) is 9.71. The van der Waals surface area contributed by atoms with E-state index in [1.165, 1.54) is 17.5 Å². The summed E-state index contributed by atoms with van der Waals surface area (Å²) in [5, 5.41) is 0. The van der Waals surface area contributed by atoms with Gasteiger partial charge in [0.25, 0.3) is 0 Å². The first-order chi connectivity index (χ1) is 13.3. The van der Waals surface area contributed by atoms with Gasteiger partial charge in [-0.2, -0.15) is 0 Å². The Morgan fingerprint density at radius 3 is 2.63 bits per heavy atom. The molecule has 0 bridgehead atoms. The topological polar surface area (TPSA) is 21.7 Å². The summed E-state index contributed by atoms with van der Waals surface area (Å²) in [7, 11) is 0. The molecular weight excluding hydrogens is 334 g/mol. The van der Waals surface area contributed by atoms with Gasteiger partial charge < -0.3 is 9.47 Å². The fourth-order valence-electron chi connectivity index (χ4n) is 3.29. The Labute approximate surface area is 162 Å². The van der Waals surface area contributed by atoms with E-state index in [9.17, 15) is 0 Å². The van der Waals surface area contributed by atoms with E-state index in [0.29, 0.717) is 12.7 Å². The summed E-state index contributed by atoms with van der Waals surface area (Å²) in [6, 6.07) is 18.8. The molecule has 1 aliphatic rings. The van der Waals surface area contributed by atoms with Gasteiger partial charge in [-0.25, -0.2) is 0 Å². The van der Waals surface area contributed by atoms with E-state index in [0.717, 1.165) is 38.4 Å². The van der Waals surface area contributed by atoms with Crippen molar-refractivity contribution in [3.63, 3.8) is 0 Å². The highest BCUT2D eigenvalue weighted by Crippen LogP contribution is 2.17. The lowest BCUT2D eigenvalue weighted by Crippen LogP contribution is -2.32. The van der Waals surface area contributed by atoms with Crippen molar-refractivity contribution in [2.45, 2.75) is 25.5 Å². The molecule has 0 saturated carbocycles. The Bertz CT molecular complexity index is 703. The fraction of sp³-hybridized carbons (Fsp3) is 0.333. The molecule has 1 aliphatic heterocycles. The molecule has 1 atom stereocenters. The maximum absolute atomic E-state index is 5.85. The molecule has 2 aromatic carbocycles. The number of rotatable bonds is 10. The number of benzene rings is 2. The molecule has 142 valence electrons. The molecular formula is C24H29NO2. The van der Waals surface area contributed by atoms with Crippen LogP contribution in [0.4, 0.5) is 0 Å². The zero-order valence-corrected chi connectivity index (χ0v) is 15.9. The lowest BCUT2D eigenvalue weighted by atomic mass is 10.1. The van der Waals surface area contributed by atoms with Crippen molar-refractivity contribution in [3.8, 4) is 5.75 Å². The lowest BCUT2D eigenvalue weighted by molar-refractivity contribution is 0.0747. The zero-order chi connectivity index (χ0) is 18.7. The molecule has 1 fully saturated rings. The Balaban J connectivity index is 1.60. The molecule has 0 amide bonds. The number of hydrogen-bond donors (Lipinski definition) is 0. The second-order valence-electron chi connectivity index (χ2n) is 6.89. The van der Waals surface area contributed by atoms with Crippen LogP contribution in [0.2, 0.25) is 0 Å². The van der Waals surface area contributed by atoms with E-state index in [1.54, 1.807) is 6.08 Å². The molecule has 3 rings (SSSR count). The normalized spacial score (nSPS) is 16.9. The van der Waals surface area contributed by atoms with E-state index in [2.05, 4.69) is 60.0 Å². The average Bonchev–Trinajstić information content (AvgIpc) is 3.21. The summed E-state index contributed by atoms with van der Waals surface area (Å²) in [4.78, 5) is 2.45. The van der Waals surface area contributed by atoms with Crippen LogP contribution in [0.1, 0.15) is 24.0 Å². The predicted octanol–water partition coefficient (Wildman–Crippen LogP) is 4.95. The van der Waals surface area contributed by atoms with Crippen LogP contribution in [0.5, 0.6) is 5.75 Å². The largest absolute Gasteiger partial charge is 0.490 e. The second-order valence-corrected chi connectivity index (χ2v) is 6.89. The van der Waals surface area contributed by atoms with Crippen LogP contribution < -0.4 is 4.74 Å². The Kier molecular flexibility index (Phi) is 7.69. The van der Waals surface area contributed by atoms with Crippen molar-refractivity contribution in [2.24, 2.45) is 0 Å². The van der Waals surface area contributed by atoms with E-state index in [-0.39, 0.29) is 0 Å². The summed E-state index contributed by atoms with van der Waals surface area (Å²) in [5.74, 6) is 0.883. The minimum atomic E-state index is 0.352. The molecule has 0 spiro atoms. The van der Waals surface area contributed by atoms with Crippen molar-refractivity contribution in [2.75, 3.05) is 26.3 Å². The molecule has 1 heterocycles. The van der Waals surface area contributed by atoms with Crippen molar-refractivity contribution >= 4 is 6.08 Å². The standard InChI is InChI=1S/C24H29NO2/c1-2-17-26-23-14-12-22(13-15-23)19-25(20-24-11-7-18-27-24)16-6-10-21-8-4-3-5-9-21/h2-6,8-10,12-15,24H,1,7,11,16-20H2/b10-6+. The molecule has 0 aromatic heterocycles. The van der Waals surface area contributed by atoms with Crippen LogP contribution >= 0.6 is 0 Å². The smallest absolute Gasteiger partial charge is 0.119 e. The molecule has 1 saturated heterocycles. The van der Waals surface area contributed by atoms with Gasteiger partial charge in [-0.1, -0.05) is 67.3 Å². The van der Waals surface area contributed by atoms with Crippen LogP contribution in [0.15, 0.2) is 73.3 Å². The minimum Gasteiger partial charge on any atom is -0.490 e. The van der Waals surface area contributed by atoms with E-state index in [4.69, 9.17) is 9.47 Å². The lowest BCUT2D eigenvalue weighted by Gasteiger charge is -2.24. The van der Waals surface area contributed by atoms with Gasteiger partial charge in [0.1, 0.15) is 12.4 Å². The second kappa shape index (κ2) is 10.7.